The molecule has 108 valence electrons. The van der Waals surface area contributed by atoms with Crippen LogP contribution in [0.1, 0.15) is 41.9 Å². The van der Waals surface area contributed by atoms with Gasteiger partial charge in [-0.05, 0) is 47.6 Å². The summed E-state index contributed by atoms with van der Waals surface area (Å²) in [7, 11) is 0. The smallest absolute Gasteiger partial charge is 0.123 e. The van der Waals surface area contributed by atoms with Gasteiger partial charge < -0.3 is 0 Å². The van der Waals surface area contributed by atoms with Gasteiger partial charge in [0.2, 0.25) is 0 Å². The lowest BCUT2D eigenvalue weighted by Gasteiger charge is -2.17. The fourth-order valence-electron chi connectivity index (χ4n) is 1.99. The van der Waals surface area contributed by atoms with E-state index >= 15 is 0 Å². The van der Waals surface area contributed by atoms with Gasteiger partial charge in [-0.3, -0.25) is 11.3 Å². The van der Waals surface area contributed by atoms with Gasteiger partial charge in [0.25, 0.3) is 0 Å². The maximum Gasteiger partial charge on any atom is 0.123 e. The first-order chi connectivity index (χ1) is 9.52. The summed E-state index contributed by atoms with van der Waals surface area (Å²) in [4.78, 5) is 0.999. The molecule has 3 N–H and O–H groups in total. The van der Waals surface area contributed by atoms with Crippen molar-refractivity contribution in [1.29, 1.82) is 0 Å². The molecule has 0 bridgehead atoms. The van der Waals surface area contributed by atoms with Gasteiger partial charge in [0.1, 0.15) is 5.82 Å². The second-order valence-corrected chi connectivity index (χ2v) is 6.48. The third-order valence-corrected chi connectivity index (χ3v) is 4.66. The summed E-state index contributed by atoms with van der Waals surface area (Å²) in [5.41, 5.74) is 4.58. The minimum atomic E-state index is -0.259. The molecule has 1 aromatic heterocycles. The minimum absolute atomic E-state index is 0.134. The van der Waals surface area contributed by atoms with Crippen LogP contribution in [0.4, 0.5) is 4.39 Å². The molecule has 0 saturated carbocycles. The number of nitrogens with zero attached hydrogens (tertiary/aromatic N) is 2. The van der Waals surface area contributed by atoms with Crippen LogP contribution < -0.4 is 11.3 Å². The predicted molar refractivity (Wildman–Crippen MR) is 81.9 cm³/mol. The highest BCUT2D eigenvalue weighted by Crippen LogP contribution is 2.30. The lowest BCUT2D eigenvalue weighted by Crippen LogP contribution is -2.30. The molecule has 0 aliphatic heterocycles. The molecule has 1 atom stereocenters. The molecule has 0 spiro atoms. The fourth-order valence-corrected chi connectivity index (χ4v) is 3.27. The van der Waals surface area contributed by atoms with E-state index in [0.717, 1.165) is 20.6 Å². The molecule has 1 heterocycles. The molecular weight excluding hydrogens is 343 g/mol. The first-order valence-corrected chi connectivity index (χ1v) is 7.81. The lowest BCUT2D eigenvalue weighted by molar-refractivity contribution is 0.547. The average Bonchev–Trinajstić information content (AvgIpc) is 2.89. The van der Waals surface area contributed by atoms with Gasteiger partial charge in [-0.15, -0.1) is 5.10 Å². The van der Waals surface area contributed by atoms with Crippen LogP contribution in [0.15, 0.2) is 22.7 Å². The molecule has 2 rings (SSSR count). The summed E-state index contributed by atoms with van der Waals surface area (Å²) >= 11 is 4.76. The maximum absolute atomic E-state index is 13.4. The number of rotatable bonds is 5. The average molecular weight is 359 g/mol. The van der Waals surface area contributed by atoms with Crippen molar-refractivity contribution in [2.24, 2.45) is 5.84 Å². The summed E-state index contributed by atoms with van der Waals surface area (Å²) in [5.74, 6) is 5.68. The first kappa shape index (κ1) is 15.5. The van der Waals surface area contributed by atoms with E-state index in [-0.39, 0.29) is 17.8 Å². The van der Waals surface area contributed by atoms with Crippen molar-refractivity contribution in [2.75, 3.05) is 0 Å². The zero-order chi connectivity index (χ0) is 14.7. The van der Waals surface area contributed by atoms with Crippen LogP contribution >= 0.6 is 27.5 Å². The van der Waals surface area contributed by atoms with Crippen molar-refractivity contribution in [3.05, 3.63) is 44.6 Å². The molecule has 1 unspecified atom stereocenters. The molecule has 0 fully saturated rings. The van der Waals surface area contributed by atoms with Gasteiger partial charge in [0.05, 0.1) is 16.6 Å². The number of nitrogens with one attached hydrogen (secondary N) is 1. The van der Waals surface area contributed by atoms with Crippen molar-refractivity contribution in [2.45, 2.75) is 32.2 Å². The zero-order valence-corrected chi connectivity index (χ0v) is 13.6. The SMILES string of the molecule is CC(C)c1nnsc1C(Cc1cc(F)ccc1Br)NN. The topological polar surface area (TPSA) is 63.8 Å². The molecule has 7 heteroatoms. The molecule has 0 aliphatic carbocycles. The van der Waals surface area contributed by atoms with Crippen molar-refractivity contribution < 1.29 is 4.39 Å². The summed E-state index contributed by atoms with van der Waals surface area (Å²) < 4.78 is 18.2. The number of hydrazine groups is 1. The fraction of sp³-hybridized carbons (Fsp3) is 0.385. The molecule has 0 radical (unpaired) electrons. The van der Waals surface area contributed by atoms with Crippen LogP contribution in [0, 0.1) is 5.82 Å². The van der Waals surface area contributed by atoms with Gasteiger partial charge in [-0.2, -0.15) is 0 Å². The standard InChI is InChI=1S/C13H16BrFN4S/c1-7(2)12-13(20-19-18-12)11(17-16)6-8-5-9(15)3-4-10(8)14/h3-5,7,11,17H,6,16H2,1-2H3. The number of hydrogen-bond acceptors (Lipinski definition) is 5. The predicted octanol–water partition coefficient (Wildman–Crippen LogP) is 3.31. The largest absolute Gasteiger partial charge is 0.271 e. The lowest BCUT2D eigenvalue weighted by atomic mass is 10.0. The van der Waals surface area contributed by atoms with Gasteiger partial charge in [-0.25, -0.2) is 4.39 Å². The van der Waals surface area contributed by atoms with Crippen LogP contribution in [0.3, 0.4) is 0 Å². The normalized spacial score (nSPS) is 12.9. The van der Waals surface area contributed by atoms with Gasteiger partial charge in [-0.1, -0.05) is 34.3 Å². The minimum Gasteiger partial charge on any atom is -0.271 e. The van der Waals surface area contributed by atoms with E-state index in [9.17, 15) is 4.39 Å². The summed E-state index contributed by atoms with van der Waals surface area (Å²) in [6.07, 6.45) is 0.568. The maximum atomic E-state index is 13.4. The highest BCUT2D eigenvalue weighted by Gasteiger charge is 2.21. The van der Waals surface area contributed by atoms with E-state index in [1.807, 2.05) is 0 Å². The Hall–Kier alpha value is -0.890. The molecule has 1 aromatic carbocycles. The Labute approximate surface area is 129 Å². The number of halogens is 2. The van der Waals surface area contributed by atoms with Crippen molar-refractivity contribution >= 4 is 27.5 Å². The van der Waals surface area contributed by atoms with Gasteiger partial charge in [0, 0.05) is 4.47 Å². The van der Waals surface area contributed by atoms with E-state index < -0.39 is 0 Å². The van der Waals surface area contributed by atoms with Gasteiger partial charge >= 0.3 is 0 Å². The number of aromatic nitrogens is 2. The van der Waals surface area contributed by atoms with E-state index in [2.05, 4.69) is 44.8 Å². The summed E-state index contributed by atoms with van der Waals surface area (Å²) in [5, 5.41) is 4.15. The Kier molecular flexibility index (Phi) is 5.20. The van der Waals surface area contributed by atoms with Crippen molar-refractivity contribution in [3.8, 4) is 0 Å². The summed E-state index contributed by atoms with van der Waals surface area (Å²) in [6, 6.07) is 4.50. The van der Waals surface area contributed by atoms with E-state index in [0.29, 0.717) is 6.42 Å². The molecule has 4 nitrogen and oxygen atoms in total. The van der Waals surface area contributed by atoms with Crippen molar-refractivity contribution in [1.82, 2.24) is 15.0 Å². The first-order valence-electron chi connectivity index (χ1n) is 6.25. The third kappa shape index (κ3) is 3.41. The Morgan fingerprint density at radius 2 is 2.20 bits per heavy atom. The zero-order valence-electron chi connectivity index (χ0n) is 11.2. The number of nitrogens with two attached hydrogens (primary N) is 1. The molecule has 0 amide bonds. The Bertz CT molecular complexity index is 588. The molecular formula is C13H16BrFN4S. The van der Waals surface area contributed by atoms with E-state index in [4.69, 9.17) is 5.84 Å². The molecule has 0 saturated heterocycles. The van der Waals surface area contributed by atoms with Crippen LogP contribution in [0.5, 0.6) is 0 Å². The van der Waals surface area contributed by atoms with Crippen LogP contribution in [0.25, 0.3) is 0 Å². The second kappa shape index (κ2) is 6.71. The Morgan fingerprint density at radius 3 is 2.85 bits per heavy atom. The Balaban J connectivity index is 2.29. The van der Waals surface area contributed by atoms with Crippen LogP contribution in [-0.2, 0) is 6.42 Å². The Morgan fingerprint density at radius 1 is 1.45 bits per heavy atom. The van der Waals surface area contributed by atoms with Crippen molar-refractivity contribution in [3.63, 3.8) is 0 Å². The molecule has 20 heavy (non-hydrogen) atoms. The monoisotopic (exact) mass is 358 g/mol. The second-order valence-electron chi connectivity index (χ2n) is 4.84. The van der Waals surface area contributed by atoms with Crippen LogP contribution in [0.2, 0.25) is 0 Å². The van der Waals surface area contributed by atoms with Gasteiger partial charge in [0.15, 0.2) is 0 Å². The highest BCUT2D eigenvalue weighted by atomic mass is 79.9. The van der Waals surface area contributed by atoms with E-state index in [1.54, 1.807) is 6.07 Å². The number of hydrogen-bond donors (Lipinski definition) is 2. The van der Waals surface area contributed by atoms with E-state index in [1.165, 1.54) is 23.7 Å². The quantitative estimate of drug-likeness (QED) is 0.635. The van der Waals surface area contributed by atoms with Crippen LogP contribution in [-0.4, -0.2) is 9.59 Å². The highest BCUT2D eigenvalue weighted by molar-refractivity contribution is 9.10. The third-order valence-electron chi connectivity index (χ3n) is 3.04. The summed E-state index contributed by atoms with van der Waals surface area (Å²) in [6.45, 7) is 4.12. The molecule has 0 aliphatic rings. The number of benzene rings is 1. The molecule has 2 aromatic rings.